The number of halogens is 3. The van der Waals surface area contributed by atoms with E-state index in [-0.39, 0.29) is 11.7 Å². The summed E-state index contributed by atoms with van der Waals surface area (Å²) in [5.74, 6) is 1.47. The van der Waals surface area contributed by atoms with Gasteiger partial charge in [-0.1, -0.05) is 66.7 Å². The van der Waals surface area contributed by atoms with Crippen LogP contribution in [0.25, 0.3) is 5.69 Å². The number of benzene rings is 4. The number of aromatic nitrogens is 2. The molecule has 4 aromatic carbocycles. The van der Waals surface area contributed by atoms with Crippen LogP contribution in [-0.4, -0.2) is 21.5 Å². The highest BCUT2D eigenvalue weighted by Crippen LogP contribution is 2.48. The molecule has 1 N–H and O–H groups in total. The lowest BCUT2D eigenvalue weighted by Gasteiger charge is -2.40. The molecule has 0 aliphatic carbocycles. The lowest BCUT2D eigenvalue weighted by molar-refractivity contribution is -0.137. The van der Waals surface area contributed by atoms with Crippen molar-refractivity contribution < 1.29 is 13.2 Å². The molecule has 6 nitrogen and oxygen atoms in total. The number of nitrogens with one attached hydrogen (secondary N) is 1. The molecule has 0 spiro atoms. The van der Waals surface area contributed by atoms with Crippen LogP contribution < -0.4 is 10.2 Å². The molecule has 1 atom stereocenters. The third-order valence-electron chi connectivity index (χ3n) is 7.21. The third kappa shape index (κ3) is 4.26. The van der Waals surface area contributed by atoms with Crippen LogP contribution in [0.15, 0.2) is 119 Å². The molecule has 7 rings (SSSR count). The zero-order valence-electron chi connectivity index (χ0n) is 21.8. The number of para-hydroxylation sites is 3. The molecule has 5 aromatic rings. The number of fused-ring (bicyclic) bond motifs is 4. The first-order chi connectivity index (χ1) is 19.9. The van der Waals surface area contributed by atoms with Crippen molar-refractivity contribution in [3.8, 4) is 5.69 Å². The molecule has 0 saturated carbocycles. The Morgan fingerprint density at radius 2 is 1.49 bits per heavy atom. The topological polar surface area (TPSA) is 57.8 Å². The normalized spacial score (nSPS) is 15.8. The van der Waals surface area contributed by atoms with Gasteiger partial charge in [0, 0.05) is 11.3 Å². The van der Waals surface area contributed by atoms with Crippen LogP contribution in [0.2, 0.25) is 0 Å². The maximum atomic E-state index is 13.5. The van der Waals surface area contributed by atoms with Crippen molar-refractivity contribution in [2.24, 2.45) is 9.98 Å². The number of alkyl halides is 3. The summed E-state index contributed by atoms with van der Waals surface area (Å²) < 4.78 is 42.4. The molecule has 0 amide bonds. The van der Waals surface area contributed by atoms with Gasteiger partial charge in [-0.25, -0.2) is 14.7 Å². The van der Waals surface area contributed by atoms with Gasteiger partial charge in [0.15, 0.2) is 17.5 Å². The fraction of sp³-hybridized carbons (Fsp3) is 0.0938. The van der Waals surface area contributed by atoms with E-state index >= 15 is 0 Å². The molecule has 202 valence electrons. The van der Waals surface area contributed by atoms with Crippen LogP contribution in [0.3, 0.4) is 0 Å². The van der Waals surface area contributed by atoms with Crippen LogP contribution in [0.5, 0.6) is 0 Å². The van der Waals surface area contributed by atoms with Gasteiger partial charge in [0.05, 0.1) is 34.4 Å². The number of anilines is 2. The summed E-state index contributed by atoms with van der Waals surface area (Å²) in [5, 5.41) is 8.05. The van der Waals surface area contributed by atoms with Crippen molar-refractivity contribution in [2.45, 2.75) is 19.1 Å². The van der Waals surface area contributed by atoms with Crippen LogP contribution >= 0.6 is 0 Å². The number of hydrogen-bond acceptors (Lipinski definition) is 5. The van der Waals surface area contributed by atoms with Crippen LogP contribution in [0, 0.1) is 6.92 Å². The highest BCUT2D eigenvalue weighted by Gasteiger charge is 2.41. The number of nitrogens with zero attached hydrogens (tertiary/aromatic N) is 5. The molecule has 41 heavy (non-hydrogen) atoms. The number of aryl methyl sites for hydroxylation is 1. The molecule has 0 unspecified atom stereocenters. The zero-order chi connectivity index (χ0) is 28.1. The van der Waals surface area contributed by atoms with Crippen molar-refractivity contribution in [3.63, 3.8) is 0 Å². The quantitative estimate of drug-likeness (QED) is 0.249. The fourth-order valence-corrected chi connectivity index (χ4v) is 5.41. The van der Waals surface area contributed by atoms with Gasteiger partial charge in [-0.15, -0.1) is 0 Å². The molecular weight excluding hydrogens is 525 g/mol. The molecule has 0 radical (unpaired) electrons. The number of hydrogen-bond donors (Lipinski definition) is 1. The van der Waals surface area contributed by atoms with E-state index in [1.807, 2.05) is 84.4 Å². The van der Waals surface area contributed by atoms with E-state index in [2.05, 4.69) is 22.3 Å². The number of rotatable bonds is 3. The Balaban J connectivity index is 1.46. The lowest BCUT2D eigenvalue weighted by Crippen LogP contribution is -2.46. The molecule has 0 saturated heterocycles. The van der Waals surface area contributed by atoms with Gasteiger partial charge < -0.3 is 10.2 Å². The Kier molecular flexibility index (Phi) is 5.74. The molecular formula is C32H23F3N6. The van der Waals surface area contributed by atoms with Gasteiger partial charge >= 0.3 is 6.18 Å². The highest BCUT2D eigenvalue weighted by atomic mass is 19.4. The monoisotopic (exact) mass is 548 g/mol. The van der Waals surface area contributed by atoms with Gasteiger partial charge in [-0.2, -0.15) is 18.3 Å². The van der Waals surface area contributed by atoms with E-state index in [9.17, 15) is 13.2 Å². The standard InChI is InChI=1S/C32H23F3N6/c1-20-27-28(21-11-4-2-5-12-21)40-26-18-9-8-17-25(26)37-29(36-23-14-10-13-22(19-23)32(33,34)35)31(40)38-30(27)41(39-20)24-15-6-3-7-16-24/h2-19,28H,1H3,(H,36,37)/t28-/m0/s1. The summed E-state index contributed by atoms with van der Waals surface area (Å²) in [6.45, 7) is 1.97. The maximum Gasteiger partial charge on any atom is 0.416 e. The largest absolute Gasteiger partial charge is 0.416 e. The SMILES string of the molecule is Cc1nn(-c2ccccc2)c2c1[C@H](c1ccccc1)N1C(=N2)C(Nc2cccc(C(F)(F)F)c2)=Nc2ccccc21. The minimum Gasteiger partial charge on any atom is -0.337 e. The van der Waals surface area contributed by atoms with Crippen LogP contribution in [-0.2, 0) is 6.18 Å². The van der Waals surface area contributed by atoms with Crippen molar-refractivity contribution in [1.29, 1.82) is 0 Å². The van der Waals surface area contributed by atoms with Crippen molar-refractivity contribution in [2.75, 3.05) is 10.2 Å². The minimum absolute atomic E-state index is 0.260. The van der Waals surface area contributed by atoms with Crippen LogP contribution in [0.1, 0.15) is 28.4 Å². The Morgan fingerprint density at radius 1 is 0.780 bits per heavy atom. The number of aliphatic imine (C=N–C) groups is 2. The second kappa shape index (κ2) is 9.48. The van der Waals surface area contributed by atoms with Crippen molar-refractivity contribution in [3.05, 3.63) is 132 Å². The summed E-state index contributed by atoms with van der Waals surface area (Å²) in [6, 6.07) is 32.3. The van der Waals surface area contributed by atoms with Crippen molar-refractivity contribution in [1.82, 2.24) is 9.78 Å². The van der Waals surface area contributed by atoms with Crippen molar-refractivity contribution >= 4 is 34.6 Å². The third-order valence-corrected chi connectivity index (χ3v) is 7.21. The smallest absolute Gasteiger partial charge is 0.337 e. The summed E-state index contributed by atoms with van der Waals surface area (Å²) in [6.07, 6.45) is -4.47. The number of amidine groups is 2. The summed E-state index contributed by atoms with van der Waals surface area (Å²) in [4.78, 5) is 12.1. The minimum atomic E-state index is -4.47. The van der Waals surface area contributed by atoms with E-state index in [0.717, 1.165) is 40.3 Å². The van der Waals surface area contributed by atoms with E-state index < -0.39 is 11.7 Å². The Morgan fingerprint density at radius 3 is 2.24 bits per heavy atom. The summed E-state index contributed by atoms with van der Waals surface area (Å²) in [7, 11) is 0. The van der Waals surface area contributed by atoms with E-state index in [1.165, 1.54) is 6.07 Å². The molecule has 2 aliphatic heterocycles. The fourth-order valence-electron chi connectivity index (χ4n) is 5.41. The molecule has 9 heteroatoms. The maximum absolute atomic E-state index is 13.5. The van der Waals surface area contributed by atoms with Gasteiger partial charge in [0.25, 0.3) is 0 Å². The molecule has 0 fully saturated rings. The molecule has 1 aromatic heterocycles. The van der Waals surface area contributed by atoms with Gasteiger partial charge in [-0.05, 0) is 55.0 Å². The first kappa shape index (κ1) is 24.8. The first-order valence-corrected chi connectivity index (χ1v) is 13.1. The average Bonchev–Trinajstić information content (AvgIpc) is 3.32. The molecule has 0 bridgehead atoms. The Hall–Kier alpha value is -5.18. The molecule has 2 aliphatic rings. The lowest BCUT2D eigenvalue weighted by atomic mass is 9.93. The van der Waals surface area contributed by atoms with Gasteiger partial charge in [0.2, 0.25) is 0 Å². The van der Waals surface area contributed by atoms with E-state index in [0.29, 0.717) is 23.2 Å². The second-order valence-electron chi connectivity index (χ2n) is 9.84. The predicted molar refractivity (Wildman–Crippen MR) is 155 cm³/mol. The van der Waals surface area contributed by atoms with E-state index in [1.54, 1.807) is 6.07 Å². The zero-order valence-corrected chi connectivity index (χ0v) is 21.8. The average molecular weight is 549 g/mol. The van der Waals surface area contributed by atoms with E-state index in [4.69, 9.17) is 15.1 Å². The predicted octanol–water partition coefficient (Wildman–Crippen LogP) is 7.99. The summed E-state index contributed by atoms with van der Waals surface area (Å²) >= 11 is 0. The first-order valence-electron chi connectivity index (χ1n) is 13.1. The van der Waals surface area contributed by atoms with Gasteiger partial charge in [-0.3, -0.25) is 0 Å². The summed E-state index contributed by atoms with van der Waals surface area (Å²) in [5.41, 5.74) is 4.67. The second-order valence-corrected chi connectivity index (χ2v) is 9.84. The molecule has 3 heterocycles. The Labute approximate surface area is 234 Å². The highest BCUT2D eigenvalue weighted by molar-refractivity contribution is 6.51. The van der Waals surface area contributed by atoms with Crippen LogP contribution in [0.4, 0.5) is 36.1 Å². The van der Waals surface area contributed by atoms with Gasteiger partial charge in [0.1, 0.15) is 0 Å². The Bertz CT molecular complexity index is 1820.